The third kappa shape index (κ3) is 4.48. The number of para-hydroxylation sites is 3. The summed E-state index contributed by atoms with van der Waals surface area (Å²) in [6.07, 6.45) is -2.63. The van der Waals surface area contributed by atoms with Crippen LogP contribution >= 0.6 is 0 Å². The molecule has 0 N–H and O–H groups in total. The van der Waals surface area contributed by atoms with Crippen molar-refractivity contribution < 1.29 is 43.0 Å². The molecule has 0 aromatic heterocycles. The Bertz CT molecular complexity index is 2020. The summed E-state index contributed by atoms with van der Waals surface area (Å²) >= 11 is 0. The number of carbonyl (C=O) groups is 6. The van der Waals surface area contributed by atoms with Gasteiger partial charge in [0, 0.05) is 6.92 Å². The Balaban J connectivity index is 1.61. The van der Waals surface area contributed by atoms with Crippen LogP contribution in [0.3, 0.4) is 0 Å². The molecule has 4 aliphatic rings. The lowest BCUT2D eigenvalue weighted by molar-refractivity contribution is -0.179. The van der Waals surface area contributed by atoms with Crippen LogP contribution in [0.1, 0.15) is 76.4 Å². The molecule has 11 nitrogen and oxygen atoms in total. The highest BCUT2D eigenvalue weighted by Crippen LogP contribution is 2.66. The van der Waals surface area contributed by atoms with Crippen LogP contribution in [-0.2, 0) is 39.5 Å². The number of rotatable bonds is 1. The summed E-state index contributed by atoms with van der Waals surface area (Å²) in [5, 5.41) is 0. The molecule has 7 rings (SSSR count). The van der Waals surface area contributed by atoms with E-state index in [0.717, 1.165) is 9.80 Å². The Hall–Kier alpha value is -5.32. The maximum absolute atomic E-state index is 15.4. The number of benzene rings is 3. The number of hydrogen-bond acceptors (Lipinski definition) is 9. The number of carbonyl (C=O) groups excluding carboxylic acids is 6. The van der Waals surface area contributed by atoms with Crippen LogP contribution in [0, 0.1) is 11.8 Å². The highest BCUT2D eigenvalue weighted by molar-refractivity contribution is 6.27. The second kappa shape index (κ2) is 10.8. The fraction of sp³-hybridized carbons (Fsp3) is 0.385. The van der Waals surface area contributed by atoms with E-state index < -0.39 is 75.5 Å². The van der Waals surface area contributed by atoms with Gasteiger partial charge < -0.3 is 14.2 Å². The fourth-order valence-electron chi connectivity index (χ4n) is 8.43. The predicted octanol–water partition coefficient (Wildman–Crippen LogP) is 5.66. The van der Waals surface area contributed by atoms with E-state index in [2.05, 4.69) is 0 Å². The van der Waals surface area contributed by atoms with E-state index in [9.17, 15) is 14.4 Å². The number of anilines is 2. The van der Waals surface area contributed by atoms with Gasteiger partial charge in [0.15, 0.2) is 5.78 Å². The molecule has 0 saturated heterocycles. The van der Waals surface area contributed by atoms with Crippen LogP contribution in [0.15, 0.2) is 72.8 Å². The maximum atomic E-state index is 15.4. The summed E-state index contributed by atoms with van der Waals surface area (Å²) in [6.45, 7) is 11.2. The highest BCUT2D eigenvalue weighted by atomic mass is 16.6. The zero-order valence-electron chi connectivity index (χ0n) is 28.9. The van der Waals surface area contributed by atoms with Crippen molar-refractivity contribution in [3.05, 3.63) is 89.5 Å². The average Bonchev–Trinajstić information content (AvgIpc) is 3.42. The van der Waals surface area contributed by atoms with Crippen molar-refractivity contribution in [2.75, 3.05) is 9.80 Å². The molecule has 3 aromatic carbocycles. The number of amides is 4. The molecule has 50 heavy (non-hydrogen) atoms. The third-order valence-corrected chi connectivity index (χ3v) is 9.94. The van der Waals surface area contributed by atoms with Crippen molar-refractivity contribution >= 4 is 46.9 Å². The minimum absolute atomic E-state index is 0.153. The van der Waals surface area contributed by atoms with Gasteiger partial charge in [0.25, 0.3) is 0 Å². The molecule has 3 aromatic rings. The van der Waals surface area contributed by atoms with Gasteiger partial charge in [0.2, 0.25) is 17.7 Å². The Morgan fingerprint density at radius 3 is 1.92 bits per heavy atom. The van der Waals surface area contributed by atoms with Crippen LogP contribution in [0.4, 0.5) is 16.2 Å². The molecule has 0 radical (unpaired) electrons. The minimum Gasteiger partial charge on any atom is -0.487 e. The van der Waals surface area contributed by atoms with Crippen LogP contribution in [0.5, 0.6) is 5.75 Å². The summed E-state index contributed by atoms with van der Waals surface area (Å²) in [5.41, 5.74) is -5.18. The molecule has 0 bridgehead atoms. The van der Waals surface area contributed by atoms with E-state index in [-0.39, 0.29) is 40.2 Å². The summed E-state index contributed by atoms with van der Waals surface area (Å²) in [5.74, 6) is -6.31. The monoisotopic (exact) mass is 678 g/mol. The van der Waals surface area contributed by atoms with Crippen LogP contribution in [-0.4, -0.2) is 52.9 Å². The predicted molar refractivity (Wildman–Crippen MR) is 181 cm³/mol. The van der Waals surface area contributed by atoms with Gasteiger partial charge in [-0.25, -0.2) is 14.6 Å². The SMILES string of the molecule is CC(=O)N1C(=O)[C@]2(c3ccccc31)[C@@H](C(=O)OC(C)(C)C)[C@]1(C[C@H]3C(=O)c4ccccc4O[C@@H]32)C(=O)N(C(=O)OC(C)(C)C)c2ccccc21. The quantitative estimate of drug-likeness (QED) is 0.299. The van der Waals surface area contributed by atoms with Gasteiger partial charge in [-0.1, -0.05) is 48.5 Å². The van der Waals surface area contributed by atoms with Gasteiger partial charge in [-0.05, 0) is 83.4 Å². The van der Waals surface area contributed by atoms with Crippen molar-refractivity contribution in [3.63, 3.8) is 0 Å². The standard InChI is InChI=1S/C39H38N2O9/c1-21(42)40-27-18-12-10-16-25(27)39(34(40)46)30(32(44)49-36(2,3)4)38(20-23-29(43)22-14-8-13-19-28(22)48-31(23)39)24-15-9-11-17-26(24)41(33(38)45)35(47)50-37(5,6)7/h8-19,23,30-31H,20H2,1-7H3/t23-,30-,31-,38+,39+/m0/s1. The molecule has 1 aliphatic carbocycles. The van der Waals surface area contributed by atoms with Crippen LogP contribution in [0.25, 0.3) is 0 Å². The van der Waals surface area contributed by atoms with E-state index >= 15 is 14.4 Å². The zero-order valence-corrected chi connectivity index (χ0v) is 28.9. The lowest BCUT2D eigenvalue weighted by Crippen LogP contribution is -2.72. The van der Waals surface area contributed by atoms with Crippen molar-refractivity contribution in [1.29, 1.82) is 0 Å². The van der Waals surface area contributed by atoms with E-state index in [1.807, 2.05) is 0 Å². The third-order valence-electron chi connectivity index (χ3n) is 9.94. The zero-order chi connectivity index (χ0) is 36.1. The first kappa shape index (κ1) is 33.2. The molecule has 4 amide bonds. The molecule has 2 spiro atoms. The van der Waals surface area contributed by atoms with Gasteiger partial charge >= 0.3 is 12.1 Å². The number of nitrogens with zero attached hydrogens (tertiary/aromatic N) is 2. The number of ether oxygens (including phenoxy) is 3. The van der Waals surface area contributed by atoms with Gasteiger partial charge in [-0.15, -0.1) is 0 Å². The number of ketones is 1. The van der Waals surface area contributed by atoms with Crippen molar-refractivity contribution in [2.24, 2.45) is 11.8 Å². The Kier molecular flexibility index (Phi) is 7.19. The van der Waals surface area contributed by atoms with Gasteiger partial charge in [0.05, 0.1) is 34.2 Å². The number of Topliss-reactive ketones (excluding diaryl/α,β-unsaturated/α-hetero) is 1. The second-order valence-corrected chi connectivity index (χ2v) is 15.3. The summed E-state index contributed by atoms with van der Waals surface area (Å²) in [6, 6.07) is 19.6. The van der Waals surface area contributed by atoms with Crippen molar-refractivity contribution in [1.82, 2.24) is 0 Å². The molecule has 1 fully saturated rings. The minimum atomic E-state index is -2.15. The van der Waals surface area contributed by atoms with Gasteiger partial charge in [0.1, 0.15) is 28.5 Å². The number of esters is 1. The van der Waals surface area contributed by atoms with Gasteiger partial charge in [-0.2, -0.15) is 0 Å². The lowest BCUT2D eigenvalue weighted by Gasteiger charge is -2.56. The topological polar surface area (TPSA) is 137 Å². The first-order valence-electron chi connectivity index (χ1n) is 16.6. The molecule has 3 heterocycles. The second-order valence-electron chi connectivity index (χ2n) is 15.3. The molecule has 1 saturated carbocycles. The maximum Gasteiger partial charge on any atom is 0.421 e. The summed E-state index contributed by atoms with van der Waals surface area (Å²) < 4.78 is 18.5. The molecule has 5 atom stereocenters. The molecule has 3 aliphatic heterocycles. The van der Waals surface area contributed by atoms with E-state index in [4.69, 9.17) is 14.2 Å². The number of imide groups is 2. The van der Waals surface area contributed by atoms with Gasteiger partial charge in [-0.3, -0.25) is 24.0 Å². The Labute approximate surface area is 289 Å². The first-order chi connectivity index (χ1) is 23.4. The number of fused-ring (bicyclic) bond motifs is 7. The molecule has 0 unspecified atom stereocenters. The fourth-order valence-corrected chi connectivity index (χ4v) is 8.43. The van der Waals surface area contributed by atoms with Crippen molar-refractivity contribution in [2.45, 2.75) is 83.0 Å². The molecule has 258 valence electrons. The van der Waals surface area contributed by atoms with E-state index in [0.29, 0.717) is 0 Å². The average molecular weight is 679 g/mol. The van der Waals surface area contributed by atoms with Crippen molar-refractivity contribution in [3.8, 4) is 5.75 Å². The highest BCUT2D eigenvalue weighted by Gasteiger charge is 2.79. The van der Waals surface area contributed by atoms with E-state index in [1.54, 1.807) is 114 Å². The summed E-state index contributed by atoms with van der Waals surface area (Å²) in [4.78, 5) is 89.8. The molecular weight excluding hydrogens is 640 g/mol. The Morgan fingerprint density at radius 2 is 1.30 bits per heavy atom. The largest absolute Gasteiger partial charge is 0.487 e. The molecule has 11 heteroatoms. The molecular formula is C39H38N2O9. The number of hydrogen-bond donors (Lipinski definition) is 0. The van der Waals surface area contributed by atoms with Crippen LogP contribution in [0.2, 0.25) is 0 Å². The van der Waals surface area contributed by atoms with E-state index in [1.165, 1.54) is 6.92 Å². The smallest absolute Gasteiger partial charge is 0.421 e. The summed E-state index contributed by atoms with van der Waals surface area (Å²) in [7, 11) is 0. The Morgan fingerprint density at radius 1 is 0.740 bits per heavy atom. The first-order valence-corrected chi connectivity index (χ1v) is 16.6. The van der Waals surface area contributed by atoms with Crippen LogP contribution < -0.4 is 14.5 Å². The lowest BCUT2D eigenvalue weighted by atomic mass is 9.46. The normalized spacial score (nSPS) is 26.6.